The maximum Gasteiger partial charge on any atom is 0.338 e. The molecule has 3 aliphatic heterocycles. The number of amides is 1. The summed E-state index contributed by atoms with van der Waals surface area (Å²) in [7, 11) is 1.33. The molecule has 7 rings (SSSR count). The summed E-state index contributed by atoms with van der Waals surface area (Å²) in [6, 6.07) is 8.43. The number of rotatable bonds is 2. The third kappa shape index (κ3) is 2.89. The summed E-state index contributed by atoms with van der Waals surface area (Å²) in [5, 5.41) is 6.94. The maximum absolute atomic E-state index is 16.1. The van der Waals surface area contributed by atoms with Gasteiger partial charge < -0.3 is 14.5 Å². The van der Waals surface area contributed by atoms with Gasteiger partial charge in [0.15, 0.2) is 6.17 Å². The summed E-state index contributed by atoms with van der Waals surface area (Å²) in [5.74, 6) is -1.69. The van der Waals surface area contributed by atoms with Crippen LogP contribution in [0.15, 0.2) is 53.8 Å². The Morgan fingerprint density at radius 1 is 1.26 bits per heavy atom. The summed E-state index contributed by atoms with van der Waals surface area (Å²) in [4.78, 5) is 35.0. The van der Waals surface area contributed by atoms with Gasteiger partial charge in [0.05, 0.1) is 18.4 Å². The smallest absolute Gasteiger partial charge is 0.338 e. The third-order valence-electron chi connectivity index (χ3n) is 8.65. The molecule has 2 N–H and O–H groups in total. The lowest BCUT2D eigenvalue weighted by atomic mass is 9.59. The summed E-state index contributed by atoms with van der Waals surface area (Å²) < 4.78 is 22.9. The van der Waals surface area contributed by atoms with Crippen LogP contribution >= 0.6 is 23.2 Å². The molecule has 1 spiro atoms. The zero-order valence-electron chi connectivity index (χ0n) is 20.3. The predicted molar refractivity (Wildman–Crippen MR) is 141 cm³/mol. The van der Waals surface area contributed by atoms with Crippen LogP contribution in [0.1, 0.15) is 40.2 Å². The molecule has 0 saturated carbocycles. The molecule has 1 aromatic carbocycles. The van der Waals surface area contributed by atoms with E-state index in [-0.39, 0.29) is 23.0 Å². The largest absolute Gasteiger partial charge is 0.465 e. The first-order chi connectivity index (χ1) is 18.2. The van der Waals surface area contributed by atoms with Crippen molar-refractivity contribution in [1.29, 1.82) is 0 Å². The fourth-order valence-electron chi connectivity index (χ4n) is 7.09. The van der Waals surface area contributed by atoms with Gasteiger partial charge in [0.25, 0.3) is 0 Å². The number of allylic oxidation sites excluding steroid dienone is 1. The highest BCUT2D eigenvalue weighted by Crippen LogP contribution is 2.63. The predicted octanol–water partition coefficient (Wildman–Crippen LogP) is 4.36. The van der Waals surface area contributed by atoms with Crippen LogP contribution in [0.4, 0.5) is 10.1 Å². The van der Waals surface area contributed by atoms with E-state index in [0.717, 1.165) is 11.4 Å². The summed E-state index contributed by atoms with van der Waals surface area (Å²) >= 11 is 12.5. The van der Waals surface area contributed by atoms with Crippen molar-refractivity contribution in [3.63, 3.8) is 0 Å². The number of imidazole rings is 1. The van der Waals surface area contributed by atoms with Crippen molar-refractivity contribution in [2.75, 3.05) is 12.4 Å². The molecule has 6 atom stereocenters. The second-order valence-corrected chi connectivity index (χ2v) is 11.3. The van der Waals surface area contributed by atoms with E-state index >= 15 is 4.39 Å². The van der Waals surface area contributed by atoms with E-state index < -0.39 is 29.0 Å². The SMILES string of the molecule is COC(=O)c1ccn2c3c(nc2c1)[C@@H]1[C@H](C3)N[C@@]2(C(=O)Nc3cc(Cl)ccc32)[C@H]1C1(C)C=CN=C(Cl)C1F. The zero-order valence-corrected chi connectivity index (χ0v) is 21.8. The summed E-state index contributed by atoms with van der Waals surface area (Å²) in [6.45, 7) is 1.78. The van der Waals surface area contributed by atoms with Crippen LogP contribution in [0.3, 0.4) is 0 Å². The number of esters is 1. The Morgan fingerprint density at radius 3 is 2.87 bits per heavy atom. The van der Waals surface area contributed by atoms with Crippen LogP contribution in [0.25, 0.3) is 5.65 Å². The minimum Gasteiger partial charge on any atom is -0.465 e. The molecule has 11 heteroatoms. The molecule has 1 amide bonds. The molecule has 4 aliphatic rings. The van der Waals surface area contributed by atoms with Crippen molar-refractivity contribution in [2.45, 2.75) is 37.0 Å². The van der Waals surface area contributed by atoms with Gasteiger partial charge in [-0.2, -0.15) is 0 Å². The number of nitrogens with zero attached hydrogens (tertiary/aromatic N) is 3. The van der Waals surface area contributed by atoms with Gasteiger partial charge in [-0.25, -0.2) is 19.2 Å². The van der Waals surface area contributed by atoms with Crippen molar-refractivity contribution in [3.05, 3.63) is 76.3 Å². The van der Waals surface area contributed by atoms with Crippen LogP contribution in [0.5, 0.6) is 0 Å². The van der Waals surface area contributed by atoms with Crippen LogP contribution in [0, 0.1) is 11.3 Å². The monoisotopic (exact) mass is 553 g/mol. The Morgan fingerprint density at radius 2 is 2.08 bits per heavy atom. The van der Waals surface area contributed by atoms with Gasteiger partial charge in [0.2, 0.25) is 5.91 Å². The van der Waals surface area contributed by atoms with E-state index in [2.05, 4.69) is 15.6 Å². The zero-order chi connectivity index (χ0) is 26.6. The maximum atomic E-state index is 16.1. The Labute approximate surface area is 226 Å². The fraction of sp³-hybridized carbons (Fsp3) is 0.333. The first-order valence-electron chi connectivity index (χ1n) is 12.2. The van der Waals surface area contributed by atoms with Gasteiger partial charge in [-0.15, -0.1) is 0 Å². The van der Waals surface area contributed by atoms with Crippen LogP contribution in [-0.4, -0.2) is 45.8 Å². The van der Waals surface area contributed by atoms with Crippen molar-refractivity contribution in [2.24, 2.45) is 16.3 Å². The fourth-order valence-corrected chi connectivity index (χ4v) is 7.55. The Bertz CT molecular complexity index is 1640. The number of fused-ring (bicyclic) bond motifs is 7. The minimum absolute atomic E-state index is 0.153. The van der Waals surface area contributed by atoms with E-state index in [4.69, 9.17) is 32.9 Å². The number of methoxy groups -OCH3 is 1. The Kier molecular flexibility index (Phi) is 4.94. The van der Waals surface area contributed by atoms with Crippen LogP contribution < -0.4 is 10.6 Å². The van der Waals surface area contributed by atoms with Gasteiger partial charge in [0.1, 0.15) is 16.4 Å². The van der Waals surface area contributed by atoms with E-state index in [1.54, 1.807) is 43.5 Å². The van der Waals surface area contributed by atoms with Crippen molar-refractivity contribution in [3.8, 4) is 0 Å². The van der Waals surface area contributed by atoms with Crippen LogP contribution in [-0.2, 0) is 21.5 Å². The van der Waals surface area contributed by atoms with Gasteiger partial charge >= 0.3 is 5.97 Å². The normalized spacial score (nSPS) is 32.8. The van der Waals surface area contributed by atoms with Gasteiger partial charge in [-0.3, -0.25) is 10.1 Å². The van der Waals surface area contributed by atoms with E-state index in [0.29, 0.717) is 33.9 Å². The molecule has 1 saturated heterocycles. The molecule has 2 aromatic heterocycles. The molecule has 5 heterocycles. The van der Waals surface area contributed by atoms with Crippen LogP contribution in [0.2, 0.25) is 5.02 Å². The lowest BCUT2D eigenvalue weighted by molar-refractivity contribution is -0.125. The Balaban J connectivity index is 1.45. The molecule has 8 nitrogen and oxygen atoms in total. The van der Waals surface area contributed by atoms with Crippen molar-refractivity contribution < 1.29 is 18.7 Å². The molecular weight excluding hydrogens is 532 g/mol. The van der Waals surface area contributed by atoms with Gasteiger partial charge in [-0.1, -0.05) is 42.3 Å². The number of hydrogen-bond donors (Lipinski definition) is 2. The number of aliphatic imine (C=N–C) groups is 1. The number of aromatic nitrogens is 2. The minimum atomic E-state index is -1.63. The average Bonchev–Trinajstić information content (AvgIpc) is 3.59. The number of carbonyl (C=O) groups is 2. The molecule has 3 aromatic rings. The quantitative estimate of drug-likeness (QED) is 0.459. The average molecular weight is 554 g/mol. The highest BCUT2D eigenvalue weighted by Gasteiger charge is 2.70. The number of ether oxygens (including phenoxy) is 1. The molecule has 1 aliphatic carbocycles. The van der Waals surface area contributed by atoms with Crippen molar-refractivity contribution >= 4 is 51.6 Å². The van der Waals surface area contributed by atoms with Crippen molar-refractivity contribution in [1.82, 2.24) is 14.7 Å². The molecule has 194 valence electrons. The van der Waals surface area contributed by atoms with E-state index in [9.17, 15) is 9.59 Å². The Hall–Kier alpha value is -3.27. The highest BCUT2D eigenvalue weighted by atomic mass is 35.5. The number of halogens is 3. The lowest BCUT2D eigenvalue weighted by Gasteiger charge is -2.45. The lowest BCUT2D eigenvalue weighted by Crippen LogP contribution is -2.56. The second kappa shape index (κ2) is 7.88. The second-order valence-electron chi connectivity index (χ2n) is 10.5. The molecule has 2 unspecified atom stereocenters. The number of carbonyl (C=O) groups excluding carboxylic acids is 2. The van der Waals surface area contributed by atoms with E-state index in [1.165, 1.54) is 13.3 Å². The van der Waals surface area contributed by atoms with E-state index in [1.807, 2.05) is 10.5 Å². The number of benzene rings is 1. The highest BCUT2D eigenvalue weighted by molar-refractivity contribution is 6.66. The molecular formula is C27H22Cl2FN5O3. The number of hydrogen-bond acceptors (Lipinski definition) is 6. The number of nitrogens with one attached hydrogen (secondary N) is 2. The number of alkyl halides is 1. The standard InChI is InChI=1S/C27H22Cl2FN5O3/c1-26(6-7-31-23(29)22(26)30)21-19-16(34-27(21)14-4-3-13(28)10-15(14)32-25(27)37)11-17-20(19)33-18-9-12(24(36)38-2)5-8-35(17)18/h3-10,16,19,21-22,34H,11H2,1-2H3,(H,32,37)/t16-,19-,21+,22?,26?,27+/m0/s1. The first-order valence-corrected chi connectivity index (χ1v) is 13.0. The molecule has 0 bridgehead atoms. The molecule has 0 radical (unpaired) electrons. The summed E-state index contributed by atoms with van der Waals surface area (Å²) in [6.07, 6.45) is 3.95. The third-order valence-corrected chi connectivity index (χ3v) is 9.17. The number of pyridine rings is 1. The van der Waals surface area contributed by atoms with Gasteiger partial charge in [-0.05, 0) is 24.3 Å². The molecule has 38 heavy (non-hydrogen) atoms. The first kappa shape index (κ1) is 23.8. The molecule has 1 fully saturated rings. The number of anilines is 1. The topological polar surface area (TPSA) is 97.1 Å². The van der Waals surface area contributed by atoms with Gasteiger partial charge in [0, 0.05) is 64.1 Å². The summed E-state index contributed by atoms with van der Waals surface area (Å²) in [5.41, 5.74) is 1.54.